The van der Waals surface area contributed by atoms with Gasteiger partial charge in [0.05, 0.1) is 18.3 Å². The van der Waals surface area contributed by atoms with E-state index in [1.165, 1.54) is 12.5 Å². The molecule has 0 spiro atoms. The lowest BCUT2D eigenvalue weighted by Crippen LogP contribution is -2.40. The summed E-state index contributed by atoms with van der Waals surface area (Å²) in [4.78, 5) is 0. The zero-order chi connectivity index (χ0) is 25.1. The minimum Gasteiger partial charge on any atom is -0.374 e. The van der Waals surface area contributed by atoms with E-state index in [4.69, 9.17) is 4.74 Å². The number of alkyl halides is 6. The maximum absolute atomic E-state index is 14.5. The molecule has 1 nitrogen and oxygen atoms in total. The summed E-state index contributed by atoms with van der Waals surface area (Å²) in [6.45, 7) is 2.26. The van der Waals surface area contributed by atoms with Crippen molar-refractivity contribution in [1.29, 1.82) is 0 Å². The van der Waals surface area contributed by atoms with Crippen molar-refractivity contribution in [3.05, 3.63) is 59.2 Å². The highest BCUT2D eigenvalue weighted by Crippen LogP contribution is 2.44. The summed E-state index contributed by atoms with van der Waals surface area (Å²) in [7, 11) is 0. The van der Waals surface area contributed by atoms with E-state index < -0.39 is 35.5 Å². The van der Waals surface area contributed by atoms with Crippen molar-refractivity contribution >= 4 is 0 Å². The van der Waals surface area contributed by atoms with Crippen LogP contribution in [-0.2, 0) is 17.3 Å². The zero-order valence-electron chi connectivity index (χ0n) is 18.6. The number of halogens is 8. The summed E-state index contributed by atoms with van der Waals surface area (Å²) in [5.41, 5.74) is -1.60. The van der Waals surface area contributed by atoms with E-state index in [9.17, 15) is 35.1 Å². The van der Waals surface area contributed by atoms with Crippen molar-refractivity contribution < 1.29 is 39.9 Å². The van der Waals surface area contributed by atoms with Crippen LogP contribution in [0.15, 0.2) is 36.4 Å². The number of hydrogen-bond donors (Lipinski definition) is 0. The molecule has 1 saturated carbocycles. The van der Waals surface area contributed by atoms with Crippen LogP contribution in [0, 0.1) is 17.6 Å². The van der Waals surface area contributed by atoms with E-state index in [0.29, 0.717) is 23.6 Å². The normalized spacial score (nSPS) is 20.4. The number of rotatable bonds is 8. The first kappa shape index (κ1) is 26.4. The van der Waals surface area contributed by atoms with Crippen LogP contribution in [-0.4, -0.2) is 18.5 Å². The molecule has 3 rings (SSSR count). The first-order valence-electron chi connectivity index (χ1n) is 11.2. The maximum Gasteiger partial charge on any atom is 0.426 e. The fraction of sp³-hybridized carbons (Fsp3) is 0.520. The molecule has 9 heteroatoms. The van der Waals surface area contributed by atoms with E-state index in [1.54, 1.807) is 18.2 Å². The van der Waals surface area contributed by atoms with Crippen LogP contribution in [0.25, 0.3) is 11.1 Å². The van der Waals surface area contributed by atoms with Crippen LogP contribution in [0.3, 0.4) is 0 Å². The van der Waals surface area contributed by atoms with Crippen LogP contribution in [0.2, 0.25) is 0 Å². The third-order valence-electron chi connectivity index (χ3n) is 6.27. The average molecular weight is 494 g/mol. The second-order valence-electron chi connectivity index (χ2n) is 8.74. The Balaban J connectivity index is 1.81. The summed E-state index contributed by atoms with van der Waals surface area (Å²) >= 11 is 0. The van der Waals surface area contributed by atoms with E-state index in [0.717, 1.165) is 32.1 Å². The maximum atomic E-state index is 14.5. The molecule has 2 aromatic carbocycles. The largest absolute Gasteiger partial charge is 0.426 e. The van der Waals surface area contributed by atoms with Crippen LogP contribution < -0.4 is 0 Å². The van der Waals surface area contributed by atoms with Crippen LogP contribution >= 0.6 is 0 Å². The average Bonchev–Trinajstić information content (AvgIpc) is 2.77. The molecule has 1 atom stereocenters. The highest BCUT2D eigenvalue weighted by molar-refractivity contribution is 5.68. The van der Waals surface area contributed by atoms with Gasteiger partial charge in [-0.15, -0.1) is 0 Å². The Kier molecular flexibility index (Phi) is 8.26. The molecule has 0 N–H and O–H groups in total. The minimum atomic E-state index is -5.99. The Morgan fingerprint density at radius 1 is 0.941 bits per heavy atom. The van der Waals surface area contributed by atoms with E-state index in [2.05, 4.69) is 6.92 Å². The molecule has 0 heterocycles. The Labute approximate surface area is 193 Å². The van der Waals surface area contributed by atoms with Gasteiger partial charge in [0.15, 0.2) is 0 Å². The van der Waals surface area contributed by atoms with Gasteiger partial charge in [-0.1, -0.05) is 44.0 Å². The SMILES string of the molecule is CCCC1CCC(OCc2ccccc2-c2cc(F)c(C(F)(F)C(F)C(F)(F)F)c(F)c2)CC1. The molecule has 0 radical (unpaired) electrons. The molecule has 2 aromatic rings. The zero-order valence-corrected chi connectivity index (χ0v) is 18.6. The van der Waals surface area contributed by atoms with Gasteiger partial charge in [0, 0.05) is 0 Å². The Hall–Kier alpha value is -2.16. The quantitative estimate of drug-likeness (QED) is 0.334. The topological polar surface area (TPSA) is 9.23 Å². The van der Waals surface area contributed by atoms with Gasteiger partial charge in [-0.3, -0.25) is 0 Å². The van der Waals surface area contributed by atoms with Gasteiger partial charge in [-0.05, 0) is 60.4 Å². The predicted octanol–water partition coefficient (Wildman–Crippen LogP) is 8.50. The molecule has 0 aliphatic heterocycles. The van der Waals surface area contributed by atoms with Crippen LogP contribution in [0.4, 0.5) is 35.1 Å². The summed E-state index contributed by atoms with van der Waals surface area (Å²) in [6, 6.07) is 7.36. The van der Waals surface area contributed by atoms with Crippen molar-refractivity contribution in [2.24, 2.45) is 5.92 Å². The van der Waals surface area contributed by atoms with Gasteiger partial charge in [0.1, 0.15) is 11.6 Å². The highest BCUT2D eigenvalue weighted by Gasteiger charge is 2.59. The molecular weight excluding hydrogens is 468 g/mol. The molecule has 1 aliphatic rings. The van der Waals surface area contributed by atoms with Crippen molar-refractivity contribution in [2.45, 2.75) is 76.4 Å². The minimum absolute atomic E-state index is 0.0274. The Morgan fingerprint density at radius 3 is 2.09 bits per heavy atom. The summed E-state index contributed by atoms with van der Waals surface area (Å²) < 4.78 is 114. The van der Waals surface area contributed by atoms with E-state index in [-0.39, 0.29) is 23.8 Å². The first-order valence-corrected chi connectivity index (χ1v) is 11.2. The first-order chi connectivity index (χ1) is 15.9. The van der Waals surface area contributed by atoms with Gasteiger partial charge >= 0.3 is 12.1 Å². The lowest BCUT2D eigenvalue weighted by atomic mass is 9.85. The molecule has 1 fully saturated rings. The molecule has 1 unspecified atom stereocenters. The van der Waals surface area contributed by atoms with Gasteiger partial charge in [0.25, 0.3) is 6.17 Å². The third-order valence-corrected chi connectivity index (χ3v) is 6.27. The molecule has 1 aliphatic carbocycles. The smallest absolute Gasteiger partial charge is 0.374 e. The van der Waals surface area contributed by atoms with Gasteiger partial charge < -0.3 is 4.74 Å². The molecule has 0 aromatic heterocycles. The van der Waals surface area contributed by atoms with Crippen LogP contribution in [0.1, 0.15) is 56.6 Å². The van der Waals surface area contributed by atoms with Gasteiger partial charge in [-0.25, -0.2) is 13.2 Å². The van der Waals surface area contributed by atoms with E-state index in [1.807, 2.05) is 0 Å². The molecule has 34 heavy (non-hydrogen) atoms. The van der Waals surface area contributed by atoms with Crippen molar-refractivity contribution in [3.63, 3.8) is 0 Å². The summed E-state index contributed by atoms with van der Waals surface area (Å²) in [6.07, 6.45) is -4.51. The Morgan fingerprint density at radius 2 is 1.53 bits per heavy atom. The van der Waals surface area contributed by atoms with Gasteiger partial charge in [-0.2, -0.15) is 22.0 Å². The summed E-state index contributed by atoms with van der Waals surface area (Å²) in [5, 5.41) is 0. The van der Waals surface area contributed by atoms with Crippen molar-refractivity contribution in [2.75, 3.05) is 0 Å². The third kappa shape index (κ3) is 5.90. The van der Waals surface area contributed by atoms with Gasteiger partial charge in [0.2, 0.25) is 0 Å². The standard InChI is InChI=1S/C25H26F8O/c1-2-5-15-8-10-18(11-9-15)34-14-16-6-3-4-7-19(16)17-12-20(26)22(21(27)13-17)24(29,30)23(28)25(31,32)33/h3-4,6-7,12-13,15,18,23H,2,5,8-11,14H2,1H3. The molecule has 0 bridgehead atoms. The Bertz CT molecular complexity index is 941. The van der Waals surface area contributed by atoms with Crippen LogP contribution in [0.5, 0.6) is 0 Å². The molecule has 188 valence electrons. The summed E-state index contributed by atoms with van der Waals surface area (Å²) in [5.74, 6) is -8.67. The molecule has 0 amide bonds. The lowest BCUT2D eigenvalue weighted by molar-refractivity contribution is -0.249. The van der Waals surface area contributed by atoms with Crippen molar-refractivity contribution in [3.8, 4) is 11.1 Å². The number of ether oxygens (including phenoxy) is 1. The monoisotopic (exact) mass is 494 g/mol. The molecule has 0 saturated heterocycles. The fourth-order valence-electron chi connectivity index (χ4n) is 4.51. The number of hydrogen-bond acceptors (Lipinski definition) is 1. The predicted molar refractivity (Wildman–Crippen MR) is 112 cm³/mol. The number of benzene rings is 2. The fourth-order valence-corrected chi connectivity index (χ4v) is 4.51. The van der Waals surface area contributed by atoms with Crippen molar-refractivity contribution in [1.82, 2.24) is 0 Å². The van der Waals surface area contributed by atoms with E-state index >= 15 is 0 Å². The lowest BCUT2D eigenvalue weighted by Gasteiger charge is -2.28. The second-order valence-corrected chi connectivity index (χ2v) is 8.74. The second kappa shape index (κ2) is 10.6. The highest BCUT2D eigenvalue weighted by atomic mass is 19.4. The molecular formula is C25H26F8O.